The van der Waals surface area contributed by atoms with Crippen molar-refractivity contribution in [1.82, 2.24) is 9.62 Å². The van der Waals surface area contributed by atoms with Crippen molar-refractivity contribution >= 4 is 28.4 Å². The summed E-state index contributed by atoms with van der Waals surface area (Å²) in [6.07, 6.45) is 3.95. The molecule has 0 bridgehead atoms. The third-order valence-electron chi connectivity index (χ3n) is 4.83. The molecule has 9 heteroatoms. The molecule has 1 aliphatic carbocycles. The molecule has 1 saturated carbocycles. The smallest absolute Gasteiger partial charge is 0.342 e. The van der Waals surface area contributed by atoms with Crippen LogP contribution in [0.3, 0.4) is 0 Å². The van der Waals surface area contributed by atoms with Crippen molar-refractivity contribution in [3.63, 3.8) is 0 Å². The standard InChI is InChI=1S/C17H23FN2O4S.ClH/c1-24-17(21)16-14(18)3-2-4-15(16)25(22,23)20-9-7-13(8-10-20)19-11-12-5-6-12;/h2-4,12-13,19H,5-11H2,1H3;1H. The van der Waals surface area contributed by atoms with E-state index in [0.717, 1.165) is 25.6 Å². The molecule has 0 amide bonds. The highest BCUT2D eigenvalue weighted by molar-refractivity contribution is 7.89. The Morgan fingerprint density at radius 3 is 2.50 bits per heavy atom. The summed E-state index contributed by atoms with van der Waals surface area (Å²) in [5.41, 5.74) is -0.529. The van der Waals surface area contributed by atoms with E-state index in [9.17, 15) is 17.6 Å². The van der Waals surface area contributed by atoms with Crippen LogP contribution in [0.2, 0.25) is 0 Å². The summed E-state index contributed by atoms with van der Waals surface area (Å²) in [5.74, 6) is -1.11. The Balaban J connectivity index is 0.00000243. The molecule has 0 aromatic heterocycles. The van der Waals surface area contributed by atoms with Gasteiger partial charge in [-0.3, -0.25) is 0 Å². The summed E-state index contributed by atoms with van der Waals surface area (Å²) < 4.78 is 45.7. The maximum absolute atomic E-state index is 14.0. The van der Waals surface area contributed by atoms with Gasteiger partial charge in [-0.2, -0.15) is 4.31 Å². The zero-order chi connectivity index (χ0) is 18.0. The highest BCUT2D eigenvalue weighted by Crippen LogP contribution is 2.29. The second-order valence-corrected chi connectivity index (χ2v) is 8.54. The fraction of sp³-hybridized carbons (Fsp3) is 0.588. The first kappa shape index (κ1) is 21.1. The van der Waals surface area contributed by atoms with Crippen molar-refractivity contribution in [1.29, 1.82) is 0 Å². The minimum Gasteiger partial charge on any atom is -0.465 e. The molecule has 3 rings (SSSR count). The Kier molecular flexibility index (Phi) is 7.01. The molecule has 1 saturated heterocycles. The lowest BCUT2D eigenvalue weighted by Gasteiger charge is -2.32. The number of hydrogen-bond acceptors (Lipinski definition) is 5. The number of ether oxygens (including phenoxy) is 1. The van der Waals surface area contributed by atoms with Gasteiger partial charge in [0, 0.05) is 19.1 Å². The number of nitrogens with one attached hydrogen (secondary N) is 1. The lowest BCUT2D eigenvalue weighted by Crippen LogP contribution is -2.45. The SMILES string of the molecule is COC(=O)c1c(F)cccc1S(=O)(=O)N1CCC(NCC2CC2)CC1.Cl. The topological polar surface area (TPSA) is 75.7 Å². The number of carbonyl (C=O) groups excluding carboxylic acids is 1. The van der Waals surface area contributed by atoms with E-state index in [1.807, 2.05) is 0 Å². The minimum absolute atomic E-state index is 0. The summed E-state index contributed by atoms with van der Waals surface area (Å²) in [7, 11) is -2.85. The molecule has 2 aliphatic rings. The van der Waals surface area contributed by atoms with Crippen LogP contribution in [0, 0.1) is 11.7 Å². The first-order valence-corrected chi connectivity index (χ1v) is 9.98. The van der Waals surface area contributed by atoms with E-state index in [2.05, 4.69) is 10.1 Å². The van der Waals surface area contributed by atoms with Gasteiger partial charge >= 0.3 is 5.97 Å². The van der Waals surface area contributed by atoms with Crippen LogP contribution in [0.1, 0.15) is 36.0 Å². The van der Waals surface area contributed by atoms with Gasteiger partial charge in [-0.05, 0) is 50.3 Å². The number of esters is 1. The molecule has 1 heterocycles. The fourth-order valence-corrected chi connectivity index (χ4v) is 4.77. The Bertz CT molecular complexity index is 747. The van der Waals surface area contributed by atoms with Gasteiger partial charge in [-0.1, -0.05) is 6.07 Å². The molecular weight excluding hydrogens is 383 g/mol. The van der Waals surface area contributed by atoms with Gasteiger partial charge in [0.05, 0.1) is 12.0 Å². The number of sulfonamides is 1. The Morgan fingerprint density at radius 2 is 1.92 bits per heavy atom. The van der Waals surface area contributed by atoms with Crippen molar-refractivity contribution in [3.05, 3.63) is 29.6 Å². The maximum Gasteiger partial charge on any atom is 0.342 e. The van der Waals surface area contributed by atoms with E-state index < -0.39 is 27.4 Å². The molecule has 1 aromatic carbocycles. The third-order valence-corrected chi connectivity index (χ3v) is 6.77. The van der Waals surface area contributed by atoms with Crippen molar-refractivity contribution in [2.45, 2.75) is 36.6 Å². The number of hydrogen-bond donors (Lipinski definition) is 1. The highest BCUT2D eigenvalue weighted by atomic mass is 35.5. The van der Waals surface area contributed by atoms with Gasteiger partial charge in [0.2, 0.25) is 10.0 Å². The second-order valence-electron chi connectivity index (χ2n) is 6.63. The Morgan fingerprint density at radius 1 is 1.27 bits per heavy atom. The lowest BCUT2D eigenvalue weighted by molar-refractivity contribution is 0.0590. The van der Waals surface area contributed by atoms with Gasteiger partial charge < -0.3 is 10.1 Å². The van der Waals surface area contributed by atoms with Gasteiger partial charge in [0.15, 0.2) is 0 Å². The van der Waals surface area contributed by atoms with Crippen molar-refractivity contribution in [2.75, 3.05) is 26.7 Å². The predicted molar refractivity (Wildman–Crippen MR) is 97.5 cm³/mol. The van der Waals surface area contributed by atoms with Crippen molar-refractivity contribution < 1.29 is 22.3 Å². The lowest BCUT2D eigenvalue weighted by atomic mass is 10.1. The van der Waals surface area contributed by atoms with Gasteiger partial charge in [-0.15, -0.1) is 12.4 Å². The number of halogens is 2. The van der Waals surface area contributed by atoms with E-state index in [1.165, 1.54) is 29.3 Å². The average molecular weight is 407 g/mol. The molecule has 0 radical (unpaired) electrons. The van der Waals surface area contributed by atoms with E-state index in [4.69, 9.17) is 0 Å². The average Bonchev–Trinajstić information content (AvgIpc) is 3.44. The molecule has 2 fully saturated rings. The largest absolute Gasteiger partial charge is 0.465 e. The number of nitrogens with zero attached hydrogens (tertiary/aromatic N) is 1. The van der Waals surface area contributed by atoms with Crippen molar-refractivity contribution in [3.8, 4) is 0 Å². The monoisotopic (exact) mass is 406 g/mol. The molecule has 0 atom stereocenters. The molecule has 1 N–H and O–H groups in total. The van der Waals surface area contributed by atoms with Crippen LogP contribution < -0.4 is 5.32 Å². The van der Waals surface area contributed by atoms with Crippen LogP contribution in [0.15, 0.2) is 23.1 Å². The molecular formula is C17H24ClFN2O4S. The van der Waals surface area contributed by atoms with Gasteiger partial charge in [-0.25, -0.2) is 17.6 Å². The number of piperidine rings is 1. The fourth-order valence-electron chi connectivity index (χ4n) is 3.11. The zero-order valence-corrected chi connectivity index (χ0v) is 16.2. The van der Waals surface area contributed by atoms with Crippen LogP contribution in [0.25, 0.3) is 0 Å². The van der Waals surface area contributed by atoms with Crippen LogP contribution in [-0.2, 0) is 14.8 Å². The maximum atomic E-state index is 14.0. The normalized spacial score (nSPS) is 19.0. The number of rotatable bonds is 6. The first-order valence-electron chi connectivity index (χ1n) is 8.54. The Hall–Kier alpha value is -1.22. The molecule has 146 valence electrons. The third kappa shape index (κ3) is 4.54. The molecule has 0 unspecified atom stereocenters. The van der Waals surface area contributed by atoms with Crippen molar-refractivity contribution in [2.24, 2.45) is 5.92 Å². The van der Waals surface area contributed by atoms with Gasteiger partial charge in [0.1, 0.15) is 11.4 Å². The molecule has 1 aromatic rings. The van der Waals surface area contributed by atoms with E-state index in [1.54, 1.807) is 0 Å². The molecule has 6 nitrogen and oxygen atoms in total. The summed E-state index contributed by atoms with van der Waals surface area (Å²) >= 11 is 0. The van der Waals surface area contributed by atoms with E-state index in [0.29, 0.717) is 32.0 Å². The predicted octanol–water partition coefficient (Wildman–Crippen LogP) is 2.19. The summed E-state index contributed by atoms with van der Waals surface area (Å²) in [6, 6.07) is 3.90. The number of benzene rings is 1. The van der Waals surface area contributed by atoms with Crippen LogP contribution in [0.5, 0.6) is 0 Å². The zero-order valence-electron chi connectivity index (χ0n) is 14.6. The van der Waals surface area contributed by atoms with E-state index in [-0.39, 0.29) is 17.3 Å². The van der Waals surface area contributed by atoms with Gasteiger partial charge in [0.25, 0.3) is 0 Å². The molecule has 26 heavy (non-hydrogen) atoms. The molecule has 1 aliphatic heterocycles. The summed E-state index contributed by atoms with van der Waals surface area (Å²) in [6.45, 7) is 1.69. The molecule has 0 spiro atoms. The second kappa shape index (κ2) is 8.65. The van der Waals surface area contributed by atoms with Crippen LogP contribution >= 0.6 is 12.4 Å². The number of carbonyl (C=O) groups is 1. The van der Waals surface area contributed by atoms with Crippen LogP contribution in [0.4, 0.5) is 4.39 Å². The minimum atomic E-state index is -3.95. The Labute approximate surface area is 159 Å². The van der Waals surface area contributed by atoms with Crippen LogP contribution in [-0.4, -0.2) is 51.5 Å². The summed E-state index contributed by atoms with van der Waals surface area (Å²) in [5, 5.41) is 3.49. The van der Waals surface area contributed by atoms with E-state index >= 15 is 0 Å². The highest BCUT2D eigenvalue weighted by Gasteiger charge is 2.34. The summed E-state index contributed by atoms with van der Waals surface area (Å²) in [4.78, 5) is 11.5. The number of methoxy groups -OCH3 is 1. The quantitative estimate of drug-likeness (QED) is 0.733. The first-order chi connectivity index (χ1) is 11.9.